The first kappa shape index (κ1) is 14.0. The van der Waals surface area contributed by atoms with Crippen LogP contribution in [0.25, 0.3) is 0 Å². The fourth-order valence-corrected chi connectivity index (χ4v) is 2.86. The summed E-state index contributed by atoms with van der Waals surface area (Å²) in [6.07, 6.45) is 0. The van der Waals surface area contributed by atoms with Crippen LogP contribution in [0.15, 0.2) is 18.2 Å². The topological polar surface area (TPSA) is 29.9 Å². The minimum Gasteiger partial charge on any atom is -0.380 e. The molecule has 1 heterocycles. The van der Waals surface area contributed by atoms with Crippen LogP contribution in [-0.4, -0.2) is 9.78 Å². The quantitative estimate of drug-likeness (QED) is 0.787. The van der Waals surface area contributed by atoms with E-state index in [9.17, 15) is 0 Å². The van der Waals surface area contributed by atoms with Crippen LogP contribution in [0, 0.1) is 10.5 Å². The van der Waals surface area contributed by atoms with Crippen molar-refractivity contribution >= 4 is 51.5 Å². The van der Waals surface area contributed by atoms with Gasteiger partial charge in [0.15, 0.2) is 0 Å². The summed E-state index contributed by atoms with van der Waals surface area (Å²) in [6, 6.07) is 5.89. The zero-order chi connectivity index (χ0) is 13.3. The number of halogens is 3. The van der Waals surface area contributed by atoms with E-state index in [2.05, 4.69) is 33.0 Å². The Kier molecular flexibility index (Phi) is 4.40. The van der Waals surface area contributed by atoms with Crippen LogP contribution in [0.4, 0.5) is 5.69 Å². The van der Waals surface area contributed by atoms with Crippen molar-refractivity contribution < 1.29 is 0 Å². The SMILES string of the molecule is Cc1nn(C)c(Cl)c1CNc1ccc(I)cc1Cl. The van der Waals surface area contributed by atoms with E-state index in [1.54, 1.807) is 4.68 Å². The van der Waals surface area contributed by atoms with Crippen LogP contribution in [0.3, 0.4) is 0 Å². The maximum absolute atomic E-state index is 6.17. The molecule has 18 heavy (non-hydrogen) atoms. The standard InChI is InChI=1S/C12H12Cl2IN3/c1-7-9(12(14)18(2)17-7)6-16-11-4-3-8(15)5-10(11)13/h3-5,16H,6H2,1-2H3. The zero-order valence-corrected chi connectivity index (χ0v) is 13.6. The second-order valence-electron chi connectivity index (χ2n) is 3.96. The molecule has 0 unspecified atom stereocenters. The maximum Gasteiger partial charge on any atom is 0.131 e. The number of hydrogen-bond donors (Lipinski definition) is 1. The van der Waals surface area contributed by atoms with Crippen molar-refractivity contribution in [3.63, 3.8) is 0 Å². The van der Waals surface area contributed by atoms with E-state index in [0.717, 1.165) is 20.5 Å². The molecule has 0 amide bonds. The largest absolute Gasteiger partial charge is 0.380 e. The van der Waals surface area contributed by atoms with Gasteiger partial charge in [-0.2, -0.15) is 5.10 Å². The molecule has 1 N–H and O–H groups in total. The minimum absolute atomic E-state index is 0.610. The predicted molar refractivity (Wildman–Crippen MR) is 84.5 cm³/mol. The molecule has 2 rings (SSSR count). The molecule has 0 aliphatic heterocycles. The Balaban J connectivity index is 2.16. The number of aryl methyl sites for hydroxylation is 2. The number of nitrogens with zero attached hydrogens (tertiary/aromatic N) is 2. The number of benzene rings is 1. The fourth-order valence-electron chi connectivity index (χ4n) is 1.69. The van der Waals surface area contributed by atoms with Gasteiger partial charge in [-0.3, -0.25) is 4.68 Å². The Morgan fingerprint density at radius 3 is 2.67 bits per heavy atom. The van der Waals surface area contributed by atoms with Crippen LogP contribution < -0.4 is 5.32 Å². The van der Waals surface area contributed by atoms with E-state index in [1.165, 1.54) is 0 Å². The van der Waals surface area contributed by atoms with Crippen molar-refractivity contribution in [2.75, 3.05) is 5.32 Å². The monoisotopic (exact) mass is 395 g/mol. The van der Waals surface area contributed by atoms with Crippen LogP contribution in [0.5, 0.6) is 0 Å². The average molecular weight is 396 g/mol. The molecule has 0 bridgehead atoms. The lowest BCUT2D eigenvalue weighted by Gasteiger charge is -2.08. The fraction of sp³-hybridized carbons (Fsp3) is 0.250. The molecule has 0 aliphatic rings. The van der Waals surface area contributed by atoms with E-state index < -0.39 is 0 Å². The maximum atomic E-state index is 6.17. The zero-order valence-electron chi connectivity index (χ0n) is 9.97. The second kappa shape index (κ2) is 5.67. The first-order valence-electron chi connectivity index (χ1n) is 5.36. The van der Waals surface area contributed by atoms with E-state index in [-0.39, 0.29) is 0 Å². The van der Waals surface area contributed by atoms with E-state index in [4.69, 9.17) is 23.2 Å². The van der Waals surface area contributed by atoms with Crippen LogP contribution >= 0.6 is 45.8 Å². The lowest BCUT2D eigenvalue weighted by Crippen LogP contribution is -2.01. The Bertz CT molecular complexity index is 581. The summed E-state index contributed by atoms with van der Waals surface area (Å²) in [5.74, 6) is 0. The van der Waals surface area contributed by atoms with Gasteiger partial charge in [0.05, 0.1) is 16.4 Å². The third-order valence-electron chi connectivity index (χ3n) is 2.66. The first-order valence-corrected chi connectivity index (χ1v) is 7.19. The molecule has 0 saturated heterocycles. The molecule has 0 radical (unpaired) electrons. The summed E-state index contributed by atoms with van der Waals surface area (Å²) in [7, 11) is 1.83. The third-order valence-corrected chi connectivity index (χ3v) is 4.11. The summed E-state index contributed by atoms with van der Waals surface area (Å²) >= 11 is 14.6. The van der Waals surface area contributed by atoms with Crippen molar-refractivity contribution in [1.29, 1.82) is 0 Å². The molecule has 0 atom stereocenters. The van der Waals surface area contributed by atoms with Crippen LogP contribution in [-0.2, 0) is 13.6 Å². The van der Waals surface area contributed by atoms with Gasteiger partial charge in [-0.15, -0.1) is 0 Å². The molecule has 6 heteroatoms. The van der Waals surface area contributed by atoms with E-state index >= 15 is 0 Å². The summed E-state index contributed by atoms with van der Waals surface area (Å²) in [6.45, 7) is 2.55. The highest BCUT2D eigenvalue weighted by Gasteiger charge is 2.11. The van der Waals surface area contributed by atoms with Gasteiger partial charge in [-0.25, -0.2) is 0 Å². The molecule has 0 spiro atoms. The summed E-state index contributed by atoms with van der Waals surface area (Å²) in [5, 5.41) is 8.91. The molecule has 96 valence electrons. The molecule has 0 saturated carbocycles. The van der Waals surface area contributed by atoms with Crippen LogP contribution in [0.2, 0.25) is 10.2 Å². The smallest absolute Gasteiger partial charge is 0.131 e. The molecule has 3 nitrogen and oxygen atoms in total. The van der Waals surface area contributed by atoms with Crippen LogP contribution in [0.1, 0.15) is 11.3 Å². The van der Waals surface area contributed by atoms with E-state index in [1.807, 2.05) is 32.2 Å². The lowest BCUT2D eigenvalue weighted by molar-refractivity contribution is 0.757. The Hall–Kier alpha value is -0.460. The van der Waals surface area contributed by atoms with Gasteiger partial charge in [0, 0.05) is 22.7 Å². The Labute approximate surface area is 130 Å². The summed E-state index contributed by atoms with van der Waals surface area (Å²) in [4.78, 5) is 0. The van der Waals surface area contributed by atoms with Crippen molar-refractivity contribution in [1.82, 2.24) is 9.78 Å². The van der Waals surface area contributed by atoms with Gasteiger partial charge >= 0.3 is 0 Å². The van der Waals surface area contributed by atoms with Crippen molar-refractivity contribution in [3.8, 4) is 0 Å². The molecule has 0 aliphatic carbocycles. The molecule has 1 aromatic heterocycles. The third kappa shape index (κ3) is 2.92. The Morgan fingerprint density at radius 1 is 1.39 bits per heavy atom. The van der Waals surface area contributed by atoms with Gasteiger partial charge in [-0.05, 0) is 47.7 Å². The van der Waals surface area contributed by atoms with Gasteiger partial charge in [0.1, 0.15) is 5.15 Å². The van der Waals surface area contributed by atoms with Crippen molar-refractivity contribution in [2.45, 2.75) is 13.5 Å². The number of anilines is 1. The number of rotatable bonds is 3. The summed E-state index contributed by atoms with van der Waals surface area (Å²) < 4.78 is 2.78. The molecule has 1 aromatic carbocycles. The van der Waals surface area contributed by atoms with Gasteiger partial charge in [0.2, 0.25) is 0 Å². The summed E-state index contributed by atoms with van der Waals surface area (Å²) in [5.41, 5.74) is 2.82. The highest BCUT2D eigenvalue weighted by Crippen LogP contribution is 2.26. The Morgan fingerprint density at radius 2 is 2.11 bits per heavy atom. The minimum atomic E-state index is 0.610. The van der Waals surface area contributed by atoms with Crippen molar-refractivity contribution in [2.24, 2.45) is 7.05 Å². The predicted octanol–water partition coefficient (Wildman–Crippen LogP) is 4.25. The number of nitrogens with one attached hydrogen (secondary N) is 1. The van der Waals surface area contributed by atoms with Crippen molar-refractivity contribution in [3.05, 3.63) is 43.2 Å². The van der Waals surface area contributed by atoms with Gasteiger partial charge < -0.3 is 5.32 Å². The highest BCUT2D eigenvalue weighted by molar-refractivity contribution is 14.1. The molecular weight excluding hydrogens is 384 g/mol. The first-order chi connectivity index (χ1) is 8.49. The van der Waals surface area contributed by atoms with Gasteiger partial charge in [-0.1, -0.05) is 23.2 Å². The second-order valence-corrected chi connectivity index (χ2v) is 5.97. The molecule has 0 fully saturated rings. The van der Waals surface area contributed by atoms with Gasteiger partial charge in [0.25, 0.3) is 0 Å². The number of hydrogen-bond acceptors (Lipinski definition) is 2. The molecular formula is C12H12Cl2IN3. The number of aromatic nitrogens is 2. The normalized spacial score (nSPS) is 10.7. The highest BCUT2D eigenvalue weighted by atomic mass is 127. The average Bonchev–Trinajstić information content (AvgIpc) is 2.53. The van der Waals surface area contributed by atoms with E-state index in [0.29, 0.717) is 16.7 Å². The lowest BCUT2D eigenvalue weighted by atomic mass is 10.2. The molecule has 2 aromatic rings.